The smallest absolute Gasteiger partial charge is 0.233 e. The zero-order chi connectivity index (χ0) is 15.7. The van der Waals surface area contributed by atoms with Gasteiger partial charge < -0.3 is 10.6 Å². The average Bonchev–Trinajstić information content (AvgIpc) is 3.14. The zero-order valence-electron chi connectivity index (χ0n) is 12.0. The molecule has 0 bridgehead atoms. The van der Waals surface area contributed by atoms with Crippen LogP contribution in [0.3, 0.4) is 0 Å². The topological polar surface area (TPSA) is 77.0 Å². The van der Waals surface area contributed by atoms with Gasteiger partial charge >= 0.3 is 0 Å². The SMILES string of the molecule is CN(Cc1ccc(Cl)s1)C(=O)CSc1nnc(N)n1C1CC1. The van der Waals surface area contributed by atoms with Crippen LogP contribution in [0.5, 0.6) is 0 Å². The van der Waals surface area contributed by atoms with Crippen molar-refractivity contribution in [2.45, 2.75) is 30.6 Å². The second-order valence-corrected chi connectivity index (χ2v) is 7.93. The fourth-order valence-electron chi connectivity index (χ4n) is 2.06. The second kappa shape index (κ2) is 6.47. The summed E-state index contributed by atoms with van der Waals surface area (Å²) in [5, 5.41) is 8.69. The van der Waals surface area contributed by atoms with Gasteiger partial charge in [-0.2, -0.15) is 0 Å². The van der Waals surface area contributed by atoms with Crippen molar-refractivity contribution in [3.8, 4) is 0 Å². The maximum atomic E-state index is 12.2. The van der Waals surface area contributed by atoms with Crippen molar-refractivity contribution in [3.05, 3.63) is 21.3 Å². The van der Waals surface area contributed by atoms with Crippen molar-refractivity contribution in [1.82, 2.24) is 19.7 Å². The van der Waals surface area contributed by atoms with Crippen molar-refractivity contribution in [2.75, 3.05) is 18.5 Å². The van der Waals surface area contributed by atoms with Crippen molar-refractivity contribution < 1.29 is 4.79 Å². The molecule has 2 aromatic heterocycles. The molecule has 6 nitrogen and oxygen atoms in total. The molecule has 0 aliphatic heterocycles. The van der Waals surface area contributed by atoms with Gasteiger partial charge in [-0.1, -0.05) is 23.4 Å². The van der Waals surface area contributed by atoms with E-state index in [2.05, 4.69) is 10.2 Å². The highest BCUT2D eigenvalue weighted by Gasteiger charge is 2.29. The first-order chi connectivity index (χ1) is 10.5. The minimum atomic E-state index is 0.0402. The number of anilines is 1. The summed E-state index contributed by atoms with van der Waals surface area (Å²) in [6.45, 7) is 0.564. The molecular formula is C13H16ClN5OS2. The highest BCUT2D eigenvalue weighted by molar-refractivity contribution is 7.99. The number of nitrogens with zero attached hydrogens (tertiary/aromatic N) is 4. The lowest BCUT2D eigenvalue weighted by molar-refractivity contribution is -0.127. The monoisotopic (exact) mass is 357 g/mol. The summed E-state index contributed by atoms with van der Waals surface area (Å²) in [5.41, 5.74) is 5.82. The van der Waals surface area contributed by atoms with E-state index in [1.165, 1.54) is 23.1 Å². The molecule has 1 aliphatic carbocycles. The number of nitrogen functional groups attached to an aromatic ring is 1. The Morgan fingerprint density at radius 2 is 2.32 bits per heavy atom. The molecule has 0 atom stereocenters. The van der Waals surface area contributed by atoms with Crippen LogP contribution in [0, 0.1) is 0 Å². The third-order valence-corrected chi connectivity index (χ3v) is 5.52. The molecule has 2 aromatic rings. The summed E-state index contributed by atoms with van der Waals surface area (Å²) in [4.78, 5) is 15.0. The quantitative estimate of drug-likeness (QED) is 0.804. The van der Waals surface area contributed by atoms with E-state index in [4.69, 9.17) is 17.3 Å². The number of nitrogens with two attached hydrogens (primary N) is 1. The number of rotatable bonds is 6. The van der Waals surface area contributed by atoms with Crippen molar-refractivity contribution in [1.29, 1.82) is 0 Å². The summed E-state index contributed by atoms with van der Waals surface area (Å²) < 4.78 is 2.66. The van der Waals surface area contributed by atoms with Crippen LogP contribution in [-0.4, -0.2) is 38.4 Å². The molecule has 118 valence electrons. The largest absolute Gasteiger partial charge is 0.368 e. The lowest BCUT2D eigenvalue weighted by atomic mass is 10.4. The standard InChI is InChI=1S/C13H16ClN5OS2/c1-18(6-9-4-5-10(14)22-9)11(20)7-21-13-17-16-12(15)19(13)8-2-3-8/h4-5,8H,2-3,6-7H2,1H3,(H2,15,16). The Morgan fingerprint density at radius 3 is 2.95 bits per heavy atom. The molecule has 1 aliphatic rings. The molecule has 0 unspecified atom stereocenters. The van der Waals surface area contributed by atoms with Crippen molar-refractivity contribution >= 4 is 46.6 Å². The van der Waals surface area contributed by atoms with Gasteiger partial charge in [0, 0.05) is 18.0 Å². The number of carbonyl (C=O) groups is 1. The van der Waals surface area contributed by atoms with Gasteiger partial charge in [0.15, 0.2) is 5.16 Å². The van der Waals surface area contributed by atoms with E-state index < -0.39 is 0 Å². The summed E-state index contributed by atoms with van der Waals surface area (Å²) in [5.74, 6) is 0.790. The third kappa shape index (κ3) is 3.56. The highest BCUT2D eigenvalue weighted by atomic mass is 35.5. The Balaban J connectivity index is 1.55. The molecule has 0 aromatic carbocycles. The van der Waals surface area contributed by atoms with Crippen molar-refractivity contribution in [3.63, 3.8) is 0 Å². The molecule has 1 fully saturated rings. The molecule has 9 heteroatoms. The van der Waals surface area contributed by atoms with E-state index in [0.717, 1.165) is 27.2 Å². The van der Waals surface area contributed by atoms with Gasteiger partial charge in [-0.05, 0) is 25.0 Å². The number of halogens is 1. The Morgan fingerprint density at radius 1 is 1.55 bits per heavy atom. The molecule has 0 spiro atoms. The van der Waals surface area contributed by atoms with Crippen LogP contribution in [0.25, 0.3) is 0 Å². The minimum absolute atomic E-state index is 0.0402. The first-order valence-electron chi connectivity index (χ1n) is 6.86. The lowest BCUT2D eigenvalue weighted by Crippen LogP contribution is -2.27. The molecule has 22 heavy (non-hydrogen) atoms. The van der Waals surface area contributed by atoms with Crippen LogP contribution in [0.2, 0.25) is 4.34 Å². The van der Waals surface area contributed by atoms with Crippen molar-refractivity contribution in [2.24, 2.45) is 0 Å². The first kappa shape index (κ1) is 15.6. The van der Waals surface area contributed by atoms with Gasteiger partial charge in [0.25, 0.3) is 0 Å². The molecule has 0 saturated heterocycles. The average molecular weight is 358 g/mol. The maximum absolute atomic E-state index is 12.2. The van der Waals surface area contributed by atoms with Gasteiger partial charge in [0.2, 0.25) is 11.9 Å². The maximum Gasteiger partial charge on any atom is 0.233 e. The summed E-state index contributed by atoms with van der Waals surface area (Å²) in [6.07, 6.45) is 2.20. The van der Waals surface area contributed by atoms with E-state index in [1.54, 1.807) is 11.9 Å². The van der Waals surface area contributed by atoms with E-state index in [0.29, 0.717) is 24.3 Å². The number of thioether (sulfide) groups is 1. The molecular weight excluding hydrogens is 342 g/mol. The van der Waals surface area contributed by atoms with Crippen LogP contribution in [-0.2, 0) is 11.3 Å². The minimum Gasteiger partial charge on any atom is -0.368 e. The number of aromatic nitrogens is 3. The van der Waals surface area contributed by atoms with Gasteiger partial charge in [0.05, 0.1) is 16.6 Å². The van der Waals surface area contributed by atoms with Gasteiger partial charge in [-0.15, -0.1) is 21.5 Å². The van der Waals surface area contributed by atoms with Crippen LogP contribution in [0.4, 0.5) is 5.95 Å². The lowest BCUT2D eigenvalue weighted by Gasteiger charge is -2.15. The number of thiophene rings is 1. The normalized spacial score (nSPS) is 14.3. The zero-order valence-corrected chi connectivity index (χ0v) is 14.4. The predicted molar refractivity (Wildman–Crippen MR) is 89.2 cm³/mol. The fraction of sp³-hybridized carbons (Fsp3) is 0.462. The third-order valence-electron chi connectivity index (χ3n) is 3.38. The fourth-order valence-corrected chi connectivity index (χ4v) is 4.15. The molecule has 3 rings (SSSR count). The van der Waals surface area contributed by atoms with Crippen LogP contribution in [0.15, 0.2) is 17.3 Å². The Hall–Kier alpha value is -1.25. The van der Waals surface area contributed by atoms with Gasteiger partial charge in [0.1, 0.15) is 0 Å². The summed E-state index contributed by atoms with van der Waals surface area (Å²) in [6, 6.07) is 4.18. The number of amides is 1. The first-order valence-corrected chi connectivity index (χ1v) is 9.04. The summed E-state index contributed by atoms with van der Waals surface area (Å²) in [7, 11) is 1.79. The Bertz CT molecular complexity index is 682. The Labute approximate surface area is 141 Å². The molecule has 1 saturated carbocycles. The Kier molecular flexibility index (Phi) is 4.60. The molecule has 0 radical (unpaired) electrons. The summed E-state index contributed by atoms with van der Waals surface area (Å²) >= 11 is 8.77. The van der Waals surface area contributed by atoms with E-state index in [-0.39, 0.29) is 5.91 Å². The molecule has 2 N–H and O–H groups in total. The molecule has 2 heterocycles. The molecule has 1 amide bonds. The highest BCUT2D eigenvalue weighted by Crippen LogP contribution is 2.39. The number of hydrogen-bond donors (Lipinski definition) is 1. The van der Waals surface area contributed by atoms with E-state index in [9.17, 15) is 4.79 Å². The van der Waals surface area contributed by atoms with E-state index >= 15 is 0 Å². The number of hydrogen-bond acceptors (Lipinski definition) is 6. The van der Waals surface area contributed by atoms with E-state index in [1.807, 2.05) is 16.7 Å². The van der Waals surface area contributed by atoms with Crippen LogP contribution in [0.1, 0.15) is 23.8 Å². The number of carbonyl (C=O) groups excluding carboxylic acids is 1. The second-order valence-electron chi connectivity index (χ2n) is 5.19. The van der Waals surface area contributed by atoms with Crippen LogP contribution < -0.4 is 5.73 Å². The van der Waals surface area contributed by atoms with Crippen LogP contribution >= 0.6 is 34.7 Å². The predicted octanol–water partition coefficient (Wildman–Crippen LogP) is 2.66. The van der Waals surface area contributed by atoms with Gasteiger partial charge in [-0.25, -0.2) is 0 Å². The van der Waals surface area contributed by atoms with Gasteiger partial charge in [-0.3, -0.25) is 9.36 Å².